The lowest BCUT2D eigenvalue weighted by molar-refractivity contribution is 0.0999. The number of rotatable bonds is 5. The SMILES string of the molecule is CSc1nc(C)c(C(N)=O)c(Nc2cccc(-n3nccn3)c2)n1. The summed E-state index contributed by atoms with van der Waals surface area (Å²) in [6, 6.07) is 7.43. The molecule has 3 aromatic rings. The summed E-state index contributed by atoms with van der Waals surface area (Å²) in [7, 11) is 0. The van der Waals surface area contributed by atoms with Gasteiger partial charge in [-0.1, -0.05) is 17.8 Å². The summed E-state index contributed by atoms with van der Waals surface area (Å²) in [4.78, 5) is 21.9. The van der Waals surface area contributed by atoms with Crippen molar-refractivity contribution in [3.63, 3.8) is 0 Å². The van der Waals surface area contributed by atoms with Crippen LogP contribution in [0.3, 0.4) is 0 Å². The number of carbonyl (C=O) groups excluding carboxylic acids is 1. The molecule has 9 heteroatoms. The van der Waals surface area contributed by atoms with Crippen molar-refractivity contribution in [2.24, 2.45) is 5.73 Å². The van der Waals surface area contributed by atoms with Gasteiger partial charge in [-0.15, -0.1) is 0 Å². The van der Waals surface area contributed by atoms with E-state index in [9.17, 15) is 4.79 Å². The van der Waals surface area contributed by atoms with Crippen LogP contribution in [-0.2, 0) is 0 Å². The van der Waals surface area contributed by atoms with Crippen molar-refractivity contribution in [3.05, 3.63) is 47.9 Å². The number of thioether (sulfide) groups is 1. The monoisotopic (exact) mass is 341 g/mol. The van der Waals surface area contributed by atoms with Gasteiger partial charge in [-0.25, -0.2) is 9.97 Å². The highest BCUT2D eigenvalue weighted by Gasteiger charge is 2.16. The van der Waals surface area contributed by atoms with Gasteiger partial charge in [0.25, 0.3) is 5.91 Å². The van der Waals surface area contributed by atoms with Crippen LogP contribution in [0.25, 0.3) is 5.69 Å². The van der Waals surface area contributed by atoms with E-state index in [1.54, 1.807) is 19.3 Å². The minimum atomic E-state index is -0.576. The van der Waals surface area contributed by atoms with Crippen molar-refractivity contribution in [3.8, 4) is 5.69 Å². The molecule has 0 bridgehead atoms. The second-order valence-corrected chi connectivity index (χ2v) is 5.65. The highest BCUT2D eigenvalue weighted by Crippen LogP contribution is 2.24. The number of aromatic nitrogens is 5. The van der Waals surface area contributed by atoms with Gasteiger partial charge in [-0.3, -0.25) is 4.79 Å². The van der Waals surface area contributed by atoms with Crippen LogP contribution in [0.5, 0.6) is 0 Å². The number of nitrogens with two attached hydrogens (primary N) is 1. The van der Waals surface area contributed by atoms with Crippen LogP contribution < -0.4 is 11.1 Å². The smallest absolute Gasteiger partial charge is 0.254 e. The maximum atomic E-state index is 11.8. The molecular weight excluding hydrogens is 326 g/mol. The van der Waals surface area contributed by atoms with E-state index >= 15 is 0 Å². The number of anilines is 2. The van der Waals surface area contributed by atoms with Crippen LogP contribution in [0, 0.1) is 6.92 Å². The molecule has 2 heterocycles. The van der Waals surface area contributed by atoms with Crippen molar-refractivity contribution in [2.75, 3.05) is 11.6 Å². The number of aryl methyl sites for hydroxylation is 1. The molecule has 0 atom stereocenters. The lowest BCUT2D eigenvalue weighted by atomic mass is 10.2. The van der Waals surface area contributed by atoms with Crippen molar-refractivity contribution in [1.82, 2.24) is 25.0 Å². The molecule has 3 rings (SSSR count). The van der Waals surface area contributed by atoms with Crippen molar-refractivity contribution in [2.45, 2.75) is 12.1 Å². The Morgan fingerprint density at radius 3 is 2.67 bits per heavy atom. The van der Waals surface area contributed by atoms with E-state index in [0.717, 1.165) is 11.4 Å². The first-order valence-corrected chi connectivity index (χ1v) is 8.27. The van der Waals surface area contributed by atoms with Crippen LogP contribution in [0.15, 0.2) is 41.8 Å². The van der Waals surface area contributed by atoms with Gasteiger partial charge in [0.15, 0.2) is 5.16 Å². The highest BCUT2D eigenvalue weighted by atomic mass is 32.2. The molecule has 2 aromatic heterocycles. The molecule has 0 saturated carbocycles. The van der Waals surface area contributed by atoms with Gasteiger partial charge in [0.1, 0.15) is 11.4 Å². The molecule has 0 spiro atoms. The molecule has 1 amide bonds. The minimum Gasteiger partial charge on any atom is -0.365 e. The molecule has 3 N–H and O–H groups in total. The highest BCUT2D eigenvalue weighted by molar-refractivity contribution is 7.98. The standard InChI is InChI=1S/C15H15N7OS/c1-9-12(13(16)23)14(21-15(19-9)24-2)20-10-4-3-5-11(8-10)22-17-6-7-18-22/h3-8H,1-2H3,(H2,16,23)(H,19,20,21). The van der Waals surface area contributed by atoms with E-state index in [4.69, 9.17) is 5.73 Å². The Labute approximate surface area is 142 Å². The Balaban J connectivity index is 2.01. The number of hydrogen-bond acceptors (Lipinski definition) is 7. The third-order valence-corrected chi connectivity index (χ3v) is 3.80. The van der Waals surface area contributed by atoms with Crippen LogP contribution >= 0.6 is 11.8 Å². The van der Waals surface area contributed by atoms with E-state index in [1.807, 2.05) is 30.5 Å². The van der Waals surface area contributed by atoms with Gasteiger partial charge in [-0.05, 0) is 31.4 Å². The Bertz CT molecular complexity index is 880. The average Bonchev–Trinajstić information content (AvgIpc) is 3.08. The normalized spacial score (nSPS) is 10.6. The number of nitrogens with zero attached hydrogens (tertiary/aromatic N) is 5. The minimum absolute atomic E-state index is 0.274. The quantitative estimate of drug-likeness (QED) is 0.538. The van der Waals surface area contributed by atoms with Gasteiger partial charge in [-0.2, -0.15) is 15.0 Å². The first-order valence-electron chi connectivity index (χ1n) is 7.04. The predicted molar refractivity (Wildman–Crippen MR) is 91.7 cm³/mol. The van der Waals surface area contributed by atoms with Crippen LogP contribution in [0.4, 0.5) is 11.5 Å². The summed E-state index contributed by atoms with van der Waals surface area (Å²) in [6.45, 7) is 1.73. The molecule has 0 unspecified atom stereocenters. The number of carbonyl (C=O) groups is 1. The Morgan fingerprint density at radius 1 is 1.25 bits per heavy atom. The van der Waals surface area contributed by atoms with Crippen molar-refractivity contribution in [1.29, 1.82) is 0 Å². The molecule has 122 valence electrons. The number of nitrogens with one attached hydrogen (secondary N) is 1. The second kappa shape index (κ2) is 6.67. The van der Waals surface area contributed by atoms with E-state index in [0.29, 0.717) is 16.7 Å². The first-order chi connectivity index (χ1) is 11.6. The third kappa shape index (κ3) is 3.20. The zero-order valence-corrected chi connectivity index (χ0v) is 13.9. The van der Waals surface area contributed by atoms with E-state index in [1.165, 1.54) is 16.6 Å². The summed E-state index contributed by atoms with van der Waals surface area (Å²) >= 11 is 1.39. The molecule has 0 saturated heterocycles. The van der Waals surface area contributed by atoms with Gasteiger partial charge >= 0.3 is 0 Å². The van der Waals surface area contributed by atoms with Gasteiger partial charge < -0.3 is 11.1 Å². The zero-order chi connectivity index (χ0) is 17.1. The Morgan fingerprint density at radius 2 is 2.00 bits per heavy atom. The molecule has 0 aliphatic rings. The molecule has 1 aromatic carbocycles. The van der Waals surface area contributed by atoms with Gasteiger partial charge in [0.05, 0.1) is 23.8 Å². The zero-order valence-electron chi connectivity index (χ0n) is 13.1. The number of benzene rings is 1. The van der Waals surface area contributed by atoms with Crippen molar-refractivity contribution >= 4 is 29.2 Å². The lowest BCUT2D eigenvalue weighted by Gasteiger charge is -2.13. The van der Waals surface area contributed by atoms with Crippen LogP contribution in [0.2, 0.25) is 0 Å². The number of primary amides is 1. The summed E-state index contributed by atoms with van der Waals surface area (Å²) in [5, 5.41) is 11.9. The molecule has 24 heavy (non-hydrogen) atoms. The number of hydrogen-bond donors (Lipinski definition) is 2. The summed E-state index contributed by atoms with van der Waals surface area (Å²) < 4.78 is 0. The maximum Gasteiger partial charge on any atom is 0.254 e. The molecule has 8 nitrogen and oxygen atoms in total. The fourth-order valence-corrected chi connectivity index (χ4v) is 2.63. The molecular formula is C15H15N7OS. The van der Waals surface area contributed by atoms with E-state index in [2.05, 4.69) is 25.5 Å². The molecule has 0 fully saturated rings. The fraction of sp³-hybridized carbons (Fsp3) is 0.133. The third-order valence-electron chi connectivity index (χ3n) is 3.26. The second-order valence-electron chi connectivity index (χ2n) is 4.88. The van der Waals surface area contributed by atoms with Crippen LogP contribution in [0.1, 0.15) is 16.1 Å². The molecule has 0 aliphatic carbocycles. The average molecular weight is 341 g/mol. The molecule has 0 radical (unpaired) electrons. The van der Waals surface area contributed by atoms with Gasteiger partial charge in [0.2, 0.25) is 0 Å². The Hall–Kier alpha value is -2.94. The summed E-state index contributed by atoms with van der Waals surface area (Å²) in [5.74, 6) is -0.197. The molecule has 0 aliphatic heterocycles. The maximum absolute atomic E-state index is 11.8. The Kier molecular flexibility index (Phi) is 4.43. The topological polar surface area (TPSA) is 112 Å². The van der Waals surface area contributed by atoms with Gasteiger partial charge in [0, 0.05) is 5.69 Å². The largest absolute Gasteiger partial charge is 0.365 e. The first kappa shape index (κ1) is 15.9. The lowest BCUT2D eigenvalue weighted by Crippen LogP contribution is -2.17. The fourth-order valence-electron chi connectivity index (χ4n) is 2.22. The number of amides is 1. The summed E-state index contributed by atoms with van der Waals surface area (Å²) in [6.07, 6.45) is 5.07. The summed E-state index contributed by atoms with van der Waals surface area (Å²) in [5.41, 5.74) is 7.80. The van der Waals surface area contributed by atoms with E-state index in [-0.39, 0.29) is 5.56 Å². The van der Waals surface area contributed by atoms with E-state index < -0.39 is 5.91 Å². The van der Waals surface area contributed by atoms with Crippen LogP contribution in [-0.4, -0.2) is 37.1 Å². The van der Waals surface area contributed by atoms with Crippen molar-refractivity contribution < 1.29 is 4.79 Å². The predicted octanol–water partition coefficient (Wildman–Crippen LogP) is 1.93.